The van der Waals surface area contributed by atoms with Crippen LogP contribution in [0.1, 0.15) is 33.6 Å². The lowest BCUT2D eigenvalue weighted by Gasteiger charge is -2.30. The zero-order valence-corrected chi connectivity index (χ0v) is 10.9. The van der Waals surface area contributed by atoms with Crippen molar-refractivity contribution in [3.63, 3.8) is 0 Å². The van der Waals surface area contributed by atoms with Crippen molar-refractivity contribution in [2.24, 2.45) is 11.7 Å². The Balaban J connectivity index is 2.31. The van der Waals surface area contributed by atoms with E-state index >= 15 is 0 Å². The van der Waals surface area contributed by atoms with Crippen LogP contribution in [0.4, 0.5) is 0 Å². The maximum Gasteiger partial charge on any atom is 0.320 e. The van der Waals surface area contributed by atoms with Crippen LogP contribution in [0.3, 0.4) is 0 Å². The molecule has 1 rings (SSSR count). The van der Waals surface area contributed by atoms with Gasteiger partial charge < -0.3 is 10.5 Å². The Morgan fingerprint density at radius 2 is 1.82 bits per heavy atom. The molecule has 2 N–H and O–H groups in total. The summed E-state index contributed by atoms with van der Waals surface area (Å²) in [5, 5.41) is 0. The first-order valence-electron chi connectivity index (χ1n) is 6.01. The quantitative estimate of drug-likeness (QED) is 0.732. The summed E-state index contributed by atoms with van der Waals surface area (Å²) in [7, 11) is 0. The van der Waals surface area contributed by atoms with Gasteiger partial charge in [0, 0.05) is 5.92 Å². The van der Waals surface area contributed by atoms with Crippen molar-refractivity contribution in [3.05, 3.63) is 0 Å². The van der Waals surface area contributed by atoms with Crippen molar-refractivity contribution in [1.29, 1.82) is 0 Å². The minimum atomic E-state index is -0.442. The first kappa shape index (κ1) is 14.0. The maximum absolute atomic E-state index is 11.6. The van der Waals surface area contributed by atoms with Crippen molar-refractivity contribution in [1.82, 2.24) is 4.90 Å². The van der Waals surface area contributed by atoms with E-state index in [-0.39, 0.29) is 17.8 Å². The first-order valence-corrected chi connectivity index (χ1v) is 6.01. The summed E-state index contributed by atoms with van der Waals surface area (Å²) in [5.74, 6) is -0.484. The molecular weight excluding hydrogens is 220 g/mol. The second-order valence-corrected chi connectivity index (χ2v) is 5.54. The summed E-state index contributed by atoms with van der Waals surface area (Å²) in [6.07, 6.45) is 1.47. The van der Waals surface area contributed by atoms with Gasteiger partial charge in [0.2, 0.25) is 5.91 Å². The monoisotopic (exact) mass is 242 g/mol. The van der Waals surface area contributed by atoms with Crippen LogP contribution >= 0.6 is 0 Å². The van der Waals surface area contributed by atoms with Gasteiger partial charge in [0.1, 0.15) is 5.60 Å². The van der Waals surface area contributed by atoms with E-state index < -0.39 is 5.60 Å². The number of primary amides is 1. The Bertz CT molecular complexity index is 289. The predicted molar refractivity (Wildman–Crippen MR) is 64.2 cm³/mol. The van der Waals surface area contributed by atoms with Crippen LogP contribution in [0.25, 0.3) is 0 Å². The number of hydrogen-bond acceptors (Lipinski definition) is 4. The fraction of sp³-hybridized carbons (Fsp3) is 0.833. The fourth-order valence-electron chi connectivity index (χ4n) is 1.93. The molecule has 1 saturated heterocycles. The van der Waals surface area contributed by atoms with Crippen molar-refractivity contribution in [2.45, 2.75) is 39.2 Å². The van der Waals surface area contributed by atoms with Gasteiger partial charge in [-0.15, -0.1) is 0 Å². The lowest BCUT2D eigenvalue weighted by atomic mass is 9.96. The van der Waals surface area contributed by atoms with Crippen LogP contribution in [0, 0.1) is 5.92 Å². The Labute approximate surface area is 102 Å². The molecule has 98 valence electrons. The van der Waals surface area contributed by atoms with Crippen molar-refractivity contribution < 1.29 is 14.3 Å². The molecule has 0 bridgehead atoms. The van der Waals surface area contributed by atoms with Gasteiger partial charge in [-0.25, -0.2) is 0 Å². The topological polar surface area (TPSA) is 72.6 Å². The van der Waals surface area contributed by atoms with Gasteiger partial charge in [0.25, 0.3) is 0 Å². The highest BCUT2D eigenvalue weighted by atomic mass is 16.6. The van der Waals surface area contributed by atoms with E-state index in [0.29, 0.717) is 6.54 Å². The molecule has 5 nitrogen and oxygen atoms in total. The Morgan fingerprint density at radius 1 is 1.29 bits per heavy atom. The van der Waals surface area contributed by atoms with E-state index in [1.54, 1.807) is 0 Å². The second-order valence-electron chi connectivity index (χ2n) is 5.54. The molecule has 0 radical (unpaired) electrons. The molecule has 5 heteroatoms. The van der Waals surface area contributed by atoms with Crippen molar-refractivity contribution in [2.75, 3.05) is 19.6 Å². The second kappa shape index (κ2) is 5.49. The SMILES string of the molecule is CC(C)(C)OC(=O)CN1CCC(C(N)=O)CC1. The molecule has 1 amide bonds. The summed E-state index contributed by atoms with van der Waals surface area (Å²) >= 11 is 0. The lowest BCUT2D eigenvalue weighted by molar-refractivity contribution is -0.156. The zero-order valence-electron chi connectivity index (χ0n) is 10.9. The van der Waals surface area contributed by atoms with E-state index in [1.807, 2.05) is 25.7 Å². The molecule has 0 saturated carbocycles. The smallest absolute Gasteiger partial charge is 0.320 e. The van der Waals surface area contributed by atoms with E-state index in [4.69, 9.17) is 10.5 Å². The van der Waals surface area contributed by atoms with Gasteiger partial charge in [0.05, 0.1) is 6.54 Å². The highest BCUT2D eigenvalue weighted by Crippen LogP contribution is 2.17. The van der Waals surface area contributed by atoms with Crippen molar-refractivity contribution in [3.8, 4) is 0 Å². The molecule has 1 fully saturated rings. The van der Waals surface area contributed by atoms with Crippen LogP contribution < -0.4 is 5.73 Å². The van der Waals surface area contributed by atoms with Gasteiger partial charge in [-0.05, 0) is 46.7 Å². The van der Waals surface area contributed by atoms with Gasteiger partial charge in [-0.2, -0.15) is 0 Å². The number of likely N-dealkylation sites (tertiary alicyclic amines) is 1. The Hall–Kier alpha value is -1.10. The molecule has 1 aliphatic rings. The standard InChI is InChI=1S/C12H22N2O3/c1-12(2,3)17-10(15)8-14-6-4-9(5-7-14)11(13)16/h9H,4-8H2,1-3H3,(H2,13,16). The predicted octanol–water partition coefficient (Wildman–Crippen LogP) is 0.525. The number of carbonyl (C=O) groups is 2. The van der Waals surface area contributed by atoms with E-state index in [1.165, 1.54) is 0 Å². The molecule has 0 spiro atoms. The largest absolute Gasteiger partial charge is 0.459 e. The van der Waals surface area contributed by atoms with E-state index in [2.05, 4.69) is 0 Å². The summed E-state index contributed by atoms with van der Waals surface area (Å²) < 4.78 is 5.24. The molecular formula is C12H22N2O3. The molecule has 0 unspecified atom stereocenters. The van der Waals surface area contributed by atoms with Crippen LogP contribution in [-0.2, 0) is 14.3 Å². The summed E-state index contributed by atoms with van der Waals surface area (Å²) in [4.78, 5) is 24.6. The molecule has 1 heterocycles. The normalized spacial score (nSPS) is 19.0. The molecule has 0 aromatic heterocycles. The third kappa shape index (κ3) is 5.17. The van der Waals surface area contributed by atoms with Gasteiger partial charge >= 0.3 is 5.97 Å². The number of hydrogen-bond donors (Lipinski definition) is 1. The number of piperidine rings is 1. The number of rotatable bonds is 3. The van der Waals surface area contributed by atoms with Crippen LogP contribution in [0.5, 0.6) is 0 Å². The van der Waals surface area contributed by atoms with Gasteiger partial charge in [-0.1, -0.05) is 0 Å². The first-order chi connectivity index (χ1) is 7.78. The number of amides is 1. The summed E-state index contributed by atoms with van der Waals surface area (Å²) in [6.45, 7) is 7.31. The Morgan fingerprint density at radius 3 is 2.24 bits per heavy atom. The van der Waals surface area contributed by atoms with E-state index in [0.717, 1.165) is 25.9 Å². The fourth-order valence-corrected chi connectivity index (χ4v) is 1.93. The minimum Gasteiger partial charge on any atom is -0.459 e. The average Bonchev–Trinajstić information content (AvgIpc) is 2.15. The number of nitrogens with zero attached hydrogens (tertiary/aromatic N) is 1. The zero-order chi connectivity index (χ0) is 13.1. The van der Waals surface area contributed by atoms with Crippen molar-refractivity contribution >= 4 is 11.9 Å². The van der Waals surface area contributed by atoms with Gasteiger partial charge in [0.15, 0.2) is 0 Å². The average molecular weight is 242 g/mol. The number of carbonyl (C=O) groups excluding carboxylic acids is 2. The van der Waals surface area contributed by atoms with Crippen LogP contribution in [0.15, 0.2) is 0 Å². The Kier molecular flexibility index (Phi) is 4.51. The maximum atomic E-state index is 11.6. The third-order valence-corrected chi connectivity index (χ3v) is 2.76. The van der Waals surface area contributed by atoms with Crippen LogP contribution in [0.2, 0.25) is 0 Å². The van der Waals surface area contributed by atoms with Gasteiger partial charge in [-0.3, -0.25) is 14.5 Å². The van der Waals surface area contributed by atoms with E-state index in [9.17, 15) is 9.59 Å². The number of nitrogens with two attached hydrogens (primary N) is 1. The molecule has 0 aromatic rings. The molecule has 0 aromatic carbocycles. The summed E-state index contributed by atoms with van der Waals surface area (Å²) in [6, 6.07) is 0. The molecule has 17 heavy (non-hydrogen) atoms. The number of ether oxygens (including phenoxy) is 1. The third-order valence-electron chi connectivity index (χ3n) is 2.76. The summed E-state index contributed by atoms with van der Waals surface area (Å²) in [5.41, 5.74) is 4.81. The minimum absolute atomic E-state index is 0.0371. The highest BCUT2D eigenvalue weighted by Gasteiger charge is 2.25. The highest BCUT2D eigenvalue weighted by molar-refractivity contribution is 5.76. The molecule has 0 aliphatic carbocycles. The van der Waals surface area contributed by atoms with Crippen LogP contribution in [-0.4, -0.2) is 42.0 Å². The molecule has 0 atom stereocenters. The number of esters is 1. The molecule has 1 aliphatic heterocycles. The lowest BCUT2D eigenvalue weighted by Crippen LogP contribution is -2.42.